The maximum Gasteiger partial charge on any atom is 0.262 e. The largest absolute Gasteiger partial charge is 0.494 e. The molecule has 7 nitrogen and oxygen atoms in total. The molecule has 2 aromatic carbocycles. The third-order valence-corrected chi connectivity index (χ3v) is 6.13. The zero-order chi connectivity index (χ0) is 21.2. The molecule has 0 radical (unpaired) electrons. The van der Waals surface area contributed by atoms with Gasteiger partial charge in [-0.3, -0.25) is 14.1 Å². The Morgan fingerprint density at radius 1 is 1.10 bits per heavy atom. The van der Waals surface area contributed by atoms with Crippen molar-refractivity contribution in [2.75, 3.05) is 17.1 Å². The van der Waals surface area contributed by atoms with Crippen molar-refractivity contribution in [3.63, 3.8) is 0 Å². The Morgan fingerprint density at radius 2 is 1.79 bits per heavy atom. The van der Waals surface area contributed by atoms with Crippen molar-refractivity contribution in [2.45, 2.75) is 4.90 Å². The van der Waals surface area contributed by atoms with Gasteiger partial charge in [0.2, 0.25) is 0 Å². The summed E-state index contributed by atoms with van der Waals surface area (Å²) in [5.74, 6) is -0.515. The van der Waals surface area contributed by atoms with Gasteiger partial charge in [-0.25, -0.2) is 12.8 Å². The quantitative estimate of drug-likeness (QED) is 0.476. The van der Waals surface area contributed by atoms with Crippen LogP contribution in [0.5, 0.6) is 5.75 Å². The van der Waals surface area contributed by atoms with E-state index in [2.05, 4.69) is 10.0 Å². The fourth-order valence-electron chi connectivity index (χ4n) is 2.59. The number of benzene rings is 2. The van der Waals surface area contributed by atoms with Gasteiger partial charge in [0.25, 0.3) is 15.6 Å². The highest BCUT2D eigenvalue weighted by Gasteiger charge is 2.22. The van der Waals surface area contributed by atoms with Gasteiger partial charge in [-0.2, -0.15) is 0 Å². The van der Waals surface area contributed by atoms with Crippen LogP contribution in [0.2, 0.25) is 0 Å². The van der Waals surface area contributed by atoms with Crippen LogP contribution in [0.4, 0.5) is 21.6 Å². The van der Waals surface area contributed by atoms with Crippen molar-refractivity contribution in [3.8, 4) is 5.75 Å². The first kappa shape index (κ1) is 21.1. The molecule has 0 fully saturated rings. The molecule has 0 aliphatic carbocycles. The second-order valence-electron chi connectivity index (χ2n) is 6.00. The fraction of sp³-hybridized carbons (Fsp3) is 0.105. The first-order valence-corrected chi connectivity index (χ1v) is 10.9. The Labute approximate surface area is 180 Å². The summed E-state index contributed by atoms with van der Waals surface area (Å²) in [6.45, 7) is 0. The number of anilines is 3. The summed E-state index contributed by atoms with van der Waals surface area (Å²) >= 11 is 1.97. The van der Waals surface area contributed by atoms with Gasteiger partial charge in [0, 0.05) is 16.7 Å². The number of nitrogens with zero attached hydrogens (tertiary/aromatic N) is 1. The van der Waals surface area contributed by atoms with Crippen molar-refractivity contribution in [2.24, 2.45) is 7.05 Å². The van der Waals surface area contributed by atoms with E-state index < -0.39 is 21.4 Å². The molecule has 2 N–H and O–H groups in total. The molecular weight excluding hydrogens is 512 g/mol. The number of methoxy groups -OCH3 is 1. The number of nitrogens with one attached hydrogen (secondary N) is 2. The molecule has 1 heterocycles. The van der Waals surface area contributed by atoms with E-state index in [1.807, 2.05) is 22.6 Å². The van der Waals surface area contributed by atoms with E-state index in [4.69, 9.17) is 4.74 Å². The highest BCUT2D eigenvalue weighted by Crippen LogP contribution is 2.35. The van der Waals surface area contributed by atoms with Crippen LogP contribution in [0.15, 0.2) is 64.3 Å². The monoisotopic (exact) mass is 529 g/mol. The zero-order valence-corrected chi connectivity index (χ0v) is 18.4. The molecule has 3 aromatic rings. The molecule has 0 saturated heterocycles. The summed E-state index contributed by atoms with van der Waals surface area (Å²) in [4.78, 5) is 12.3. The molecule has 29 heavy (non-hydrogen) atoms. The molecule has 0 amide bonds. The summed E-state index contributed by atoms with van der Waals surface area (Å²) in [7, 11) is -1.24. The summed E-state index contributed by atoms with van der Waals surface area (Å²) in [6, 6.07) is 13.4. The number of ether oxygens (including phenoxy) is 1. The van der Waals surface area contributed by atoms with Gasteiger partial charge in [-0.1, -0.05) is 18.2 Å². The number of hydrogen-bond acceptors (Lipinski definition) is 5. The van der Waals surface area contributed by atoms with Gasteiger partial charge in [-0.15, -0.1) is 0 Å². The van der Waals surface area contributed by atoms with Crippen molar-refractivity contribution >= 4 is 49.8 Å². The third-order valence-electron chi connectivity index (χ3n) is 4.10. The molecule has 10 heteroatoms. The molecule has 0 saturated carbocycles. The summed E-state index contributed by atoms with van der Waals surface area (Å²) in [5, 5.41) is 2.80. The lowest BCUT2D eigenvalue weighted by Crippen LogP contribution is -2.23. The van der Waals surface area contributed by atoms with Crippen LogP contribution in [0.1, 0.15) is 0 Å². The first-order chi connectivity index (χ1) is 13.7. The number of hydrogen-bond donors (Lipinski definition) is 2. The summed E-state index contributed by atoms with van der Waals surface area (Å²) in [6.07, 6.45) is 0. The van der Waals surface area contributed by atoms with Crippen LogP contribution < -0.4 is 20.3 Å². The van der Waals surface area contributed by atoms with Gasteiger partial charge in [0.1, 0.15) is 17.3 Å². The number of rotatable bonds is 6. The second kappa shape index (κ2) is 8.41. The molecule has 0 unspecified atom stereocenters. The fourth-order valence-corrected chi connectivity index (χ4v) is 4.15. The Balaban J connectivity index is 2.15. The highest BCUT2D eigenvalue weighted by molar-refractivity contribution is 14.1. The van der Waals surface area contributed by atoms with E-state index in [0.717, 1.165) is 6.07 Å². The summed E-state index contributed by atoms with van der Waals surface area (Å²) < 4.78 is 49.5. The molecule has 0 spiro atoms. The molecule has 1 aromatic heterocycles. The van der Waals surface area contributed by atoms with Crippen molar-refractivity contribution in [3.05, 3.63) is 74.3 Å². The minimum atomic E-state index is -3.99. The lowest BCUT2D eigenvalue weighted by molar-refractivity contribution is 0.415. The summed E-state index contributed by atoms with van der Waals surface area (Å²) in [5.41, 5.74) is -0.400. The minimum Gasteiger partial charge on any atom is -0.494 e. The predicted octanol–water partition coefficient (Wildman–Crippen LogP) is 3.68. The van der Waals surface area contributed by atoms with E-state index >= 15 is 0 Å². The highest BCUT2D eigenvalue weighted by atomic mass is 127. The average Bonchev–Trinajstić information content (AvgIpc) is 2.69. The molecule has 0 atom stereocenters. The molecule has 3 rings (SSSR count). The van der Waals surface area contributed by atoms with E-state index in [-0.39, 0.29) is 27.8 Å². The van der Waals surface area contributed by atoms with Crippen molar-refractivity contribution in [1.82, 2.24) is 4.57 Å². The molecule has 0 aliphatic heterocycles. The second-order valence-corrected chi connectivity index (χ2v) is 8.93. The Morgan fingerprint density at radius 3 is 2.41 bits per heavy atom. The maximum absolute atomic E-state index is 14.4. The number of aromatic nitrogens is 1. The number of sulfonamides is 1. The normalized spacial score (nSPS) is 11.2. The first-order valence-electron chi connectivity index (χ1n) is 8.31. The van der Waals surface area contributed by atoms with Crippen molar-refractivity contribution < 1.29 is 17.5 Å². The van der Waals surface area contributed by atoms with Gasteiger partial charge in [0.05, 0.1) is 17.7 Å². The van der Waals surface area contributed by atoms with Crippen LogP contribution in [0.3, 0.4) is 0 Å². The van der Waals surface area contributed by atoms with Gasteiger partial charge in [-0.05, 0) is 52.9 Å². The van der Waals surface area contributed by atoms with Crippen LogP contribution in [-0.2, 0) is 17.1 Å². The zero-order valence-electron chi connectivity index (χ0n) is 15.4. The van der Waals surface area contributed by atoms with Gasteiger partial charge < -0.3 is 10.1 Å². The molecule has 0 bridgehead atoms. The van der Waals surface area contributed by atoms with E-state index in [1.165, 1.54) is 43.0 Å². The molecule has 0 aliphatic rings. The number of halogens is 2. The SMILES string of the molecule is COc1cc(=O)n(C)c(Nc2ccc(I)cc2F)c1NS(=O)(=O)c1ccccc1. The van der Waals surface area contributed by atoms with Crippen molar-refractivity contribution in [1.29, 1.82) is 0 Å². The lowest BCUT2D eigenvalue weighted by atomic mass is 10.3. The Hall–Kier alpha value is -2.60. The Kier molecular flexibility index (Phi) is 6.13. The Bertz CT molecular complexity index is 1210. The minimum absolute atomic E-state index is 0.000950. The predicted molar refractivity (Wildman–Crippen MR) is 118 cm³/mol. The van der Waals surface area contributed by atoms with E-state index in [9.17, 15) is 17.6 Å². The smallest absolute Gasteiger partial charge is 0.262 e. The van der Waals surface area contributed by atoms with Crippen LogP contribution in [0, 0.1) is 9.39 Å². The van der Waals surface area contributed by atoms with Gasteiger partial charge >= 0.3 is 0 Å². The van der Waals surface area contributed by atoms with Crippen LogP contribution >= 0.6 is 22.6 Å². The average molecular weight is 529 g/mol. The maximum atomic E-state index is 14.4. The van der Waals surface area contributed by atoms with E-state index in [0.29, 0.717) is 3.57 Å². The number of pyridine rings is 1. The topological polar surface area (TPSA) is 89.4 Å². The van der Waals surface area contributed by atoms with Gasteiger partial charge in [0.15, 0.2) is 5.75 Å². The van der Waals surface area contributed by atoms with E-state index in [1.54, 1.807) is 24.3 Å². The standard InChI is InChI=1S/C19H17FIN3O4S/c1-24-17(25)11-16(28-2)18(23-29(26,27)13-6-4-3-5-7-13)19(24)22-15-9-8-12(21)10-14(15)20/h3-11,22-23H,1-2H3. The van der Waals surface area contributed by atoms with Crippen LogP contribution in [0.25, 0.3) is 0 Å². The molecule has 152 valence electrons. The van der Waals surface area contributed by atoms with Crippen LogP contribution in [-0.4, -0.2) is 20.1 Å². The third kappa shape index (κ3) is 4.53. The lowest BCUT2D eigenvalue weighted by Gasteiger charge is -2.20. The molecular formula is C19H17FIN3O4S.